The summed E-state index contributed by atoms with van der Waals surface area (Å²) in [5.74, 6) is -0.204. The molecular formula is C41H46ClN7O5. The van der Waals surface area contributed by atoms with E-state index in [2.05, 4.69) is 15.3 Å². The second-order valence-electron chi connectivity index (χ2n) is 16.1. The van der Waals surface area contributed by atoms with Crippen LogP contribution in [0.2, 0.25) is 5.02 Å². The monoisotopic (exact) mass is 751 g/mol. The van der Waals surface area contributed by atoms with Crippen LogP contribution in [0.1, 0.15) is 101 Å². The van der Waals surface area contributed by atoms with E-state index in [1.165, 1.54) is 7.11 Å². The van der Waals surface area contributed by atoms with Crippen LogP contribution in [0.25, 0.3) is 11.1 Å². The fraction of sp³-hybridized carbons (Fsp3) is 0.488. The summed E-state index contributed by atoms with van der Waals surface area (Å²) in [6.07, 6.45) is 8.39. The number of nitrogens with one attached hydrogen (secondary N) is 1. The topological polar surface area (TPSA) is 135 Å². The van der Waals surface area contributed by atoms with E-state index >= 15 is 0 Å². The molecule has 2 fully saturated rings. The molecule has 0 radical (unpaired) electrons. The van der Waals surface area contributed by atoms with Crippen LogP contribution in [0.4, 0.5) is 11.4 Å². The number of ether oxygens (including phenoxy) is 1. The predicted molar refractivity (Wildman–Crippen MR) is 203 cm³/mol. The fourth-order valence-corrected chi connectivity index (χ4v) is 10.4. The van der Waals surface area contributed by atoms with Crippen molar-refractivity contribution in [3.05, 3.63) is 81.7 Å². The quantitative estimate of drug-likeness (QED) is 0.207. The third-order valence-electron chi connectivity index (χ3n) is 13.1. The Bertz CT molecular complexity index is 2180. The van der Waals surface area contributed by atoms with E-state index in [4.69, 9.17) is 21.3 Å². The second kappa shape index (κ2) is 13.3. The molecule has 2 N–H and O–H groups in total. The van der Waals surface area contributed by atoms with E-state index < -0.39 is 6.10 Å². The Labute approximate surface area is 319 Å². The molecule has 0 saturated heterocycles. The summed E-state index contributed by atoms with van der Waals surface area (Å²) >= 11 is 7.06. The average Bonchev–Trinajstić information content (AvgIpc) is 4.02. The minimum absolute atomic E-state index is 0.0347. The molecule has 13 heteroatoms. The number of fused-ring (bicyclic) bond motifs is 5. The SMILES string of the molecule is COC(=O)C12CCC(CCN3CCc4c(nc(C(=O)Nc5cccc(-c6cccc7c6CCN7C(=O)c6cc7n(n6)CCCC7O)c5Cl)n4C)C3)(CC1)C2. The average molecular weight is 752 g/mol. The van der Waals surface area contributed by atoms with E-state index in [1.807, 2.05) is 41.9 Å². The van der Waals surface area contributed by atoms with Crippen LogP contribution in [-0.4, -0.2) is 73.9 Å². The molecule has 2 amide bonds. The minimum Gasteiger partial charge on any atom is -0.469 e. The Hall–Kier alpha value is -4.52. The number of nitrogens with zero attached hydrogens (tertiary/aromatic N) is 6. The smallest absolute Gasteiger partial charge is 0.311 e. The van der Waals surface area contributed by atoms with Crippen molar-refractivity contribution in [3.63, 3.8) is 0 Å². The van der Waals surface area contributed by atoms with Gasteiger partial charge in [0.1, 0.15) is 0 Å². The summed E-state index contributed by atoms with van der Waals surface area (Å²) in [4.78, 5) is 49.1. The van der Waals surface area contributed by atoms with E-state index in [-0.39, 0.29) is 28.6 Å². The second-order valence-corrected chi connectivity index (χ2v) is 16.5. The maximum Gasteiger partial charge on any atom is 0.311 e. The molecule has 1 unspecified atom stereocenters. The Balaban J connectivity index is 0.888. The molecule has 0 spiro atoms. The zero-order chi connectivity index (χ0) is 37.4. The highest BCUT2D eigenvalue weighted by atomic mass is 35.5. The number of aliphatic hydroxyl groups is 1. The summed E-state index contributed by atoms with van der Waals surface area (Å²) in [5, 5.41) is 18.4. The Morgan fingerprint density at radius 3 is 2.63 bits per heavy atom. The molecule has 2 aliphatic carbocycles. The van der Waals surface area contributed by atoms with Crippen molar-refractivity contribution < 1.29 is 24.2 Å². The molecule has 5 heterocycles. The number of rotatable bonds is 8. The van der Waals surface area contributed by atoms with Crippen LogP contribution in [0.5, 0.6) is 0 Å². The van der Waals surface area contributed by atoms with Gasteiger partial charge in [-0.3, -0.25) is 24.0 Å². The van der Waals surface area contributed by atoms with Gasteiger partial charge >= 0.3 is 5.97 Å². The van der Waals surface area contributed by atoms with Crippen molar-refractivity contribution in [3.8, 4) is 11.1 Å². The maximum absolute atomic E-state index is 13.8. The Kier molecular flexibility index (Phi) is 8.70. The highest BCUT2D eigenvalue weighted by molar-refractivity contribution is 6.36. The molecule has 2 aromatic carbocycles. The molecule has 2 aromatic heterocycles. The van der Waals surface area contributed by atoms with Gasteiger partial charge in [0.2, 0.25) is 0 Å². The number of methoxy groups -OCH3 is 1. The van der Waals surface area contributed by atoms with Crippen LogP contribution < -0.4 is 10.2 Å². The van der Waals surface area contributed by atoms with Crippen molar-refractivity contribution in [2.45, 2.75) is 83.4 Å². The Morgan fingerprint density at radius 2 is 1.83 bits per heavy atom. The summed E-state index contributed by atoms with van der Waals surface area (Å²) in [6.45, 7) is 3.73. The van der Waals surface area contributed by atoms with Crippen LogP contribution in [0.15, 0.2) is 42.5 Å². The lowest BCUT2D eigenvalue weighted by molar-refractivity contribution is -0.152. The number of anilines is 2. The number of amides is 2. The van der Waals surface area contributed by atoms with Crippen LogP contribution in [0, 0.1) is 10.8 Å². The first-order chi connectivity index (χ1) is 26.1. The minimum atomic E-state index is -0.606. The number of hydrogen-bond donors (Lipinski definition) is 2. The molecule has 12 nitrogen and oxygen atoms in total. The Morgan fingerprint density at radius 1 is 1.04 bits per heavy atom. The van der Waals surface area contributed by atoms with Gasteiger partial charge in [-0.25, -0.2) is 4.98 Å². The van der Waals surface area contributed by atoms with Gasteiger partial charge in [-0.1, -0.05) is 35.9 Å². The lowest BCUT2D eigenvalue weighted by Gasteiger charge is -2.32. The van der Waals surface area contributed by atoms with Gasteiger partial charge in [-0.05, 0) is 99.1 Å². The van der Waals surface area contributed by atoms with Gasteiger partial charge in [0, 0.05) is 56.6 Å². The number of hydrogen-bond acceptors (Lipinski definition) is 8. The lowest BCUT2D eigenvalue weighted by atomic mass is 9.80. The van der Waals surface area contributed by atoms with Gasteiger partial charge in [0.05, 0.1) is 40.7 Å². The van der Waals surface area contributed by atoms with Gasteiger partial charge in [0.25, 0.3) is 11.8 Å². The van der Waals surface area contributed by atoms with Crippen molar-refractivity contribution in [1.29, 1.82) is 0 Å². The van der Waals surface area contributed by atoms with Crippen LogP contribution >= 0.6 is 11.6 Å². The molecule has 2 saturated carbocycles. The van der Waals surface area contributed by atoms with Gasteiger partial charge in [-0.15, -0.1) is 0 Å². The van der Waals surface area contributed by atoms with Crippen molar-refractivity contribution in [2.75, 3.05) is 37.0 Å². The van der Waals surface area contributed by atoms with Gasteiger partial charge in [0.15, 0.2) is 11.5 Å². The first kappa shape index (κ1) is 35.2. The van der Waals surface area contributed by atoms with E-state index in [1.54, 1.807) is 21.7 Å². The van der Waals surface area contributed by atoms with Crippen LogP contribution in [0.3, 0.4) is 0 Å². The normalized spacial score (nSPS) is 24.3. The molecule has 5 aliphatic rings. The van der Waals surface area contributed by atoms with Crippen molar-refractivity contribution in [2.24, 2.45) is 17.9 Å². The number of esters is 1. The largest absolute Gasteiger partial charge is 0.469 e. The third kappa shape index (κ3) is 5.76. The number of benzene rings is 2. The van der Waals surface area contributed by atoms with Crippen molar-refractivity contribution in [1.82, 2.24) is 24.2 Å². The highest BCUT2D eigenvalue weighted by Gasteiger charge is 2.58. The number of aliphatic hydroxyl groups excluding tert-OH is 1. The first-order valence-corrected chi connectivity index (χ1v) is 19.6. The highest BCUT2D eigenvalue weighted by Crippen LogP contribution is 2.63. The number of carbonyl (C=O) groups excluding carboxylic acids is 3. The molecule has 282 valence electrons. The zero-order valence-corrected chi connectivity index (χ0v) is 31.6. The molecule has 1 atom stereocenters. The molecule has 3 aliphatic heterocycles. The first-order valence-electron chi connectivity index (χ1n) is 19.2. The standard InChI is InChI=1S/C41H46ClN7O5/c1-46-32-12-19-47(21-17-40-13-15-41(24-40,16-14-40)39(53)54-2)23-30(32)43-36(46)37(51)44-28-8-3-7-27(35(28)42)25-6-4-9-31-26(25)11-20-48(31)38(52)29-22-33-34(50)10-5-18-49(33)45-29/h3-4,6-9,22,34,50H,5,10-21,23-24H2,1-2H3,(H,44,51). The molecule has 2 bridgehead atoms. The van der Waals surface area contributed by atoms with E-state index in [9.17, 15) is 19.5 Å². The molecule has 54 heavy (non-hydrogen) atoms. The number of aromatic nitrogens is 4. The maximum atomic E-state index is 13.8. The van der Waals surface area contributed by atoms with E-state index in [0.29, 0.717) is 60.4 Å². The van der Waals surface area contributed by atoms with E-state index in [0.717, 1.165) is 98.2 Å². The number of aryl methyl sites for hydroxylation is 1. The number of halogens is 1. The summed E-state index contributed by atoms with van der Waals surface area (Å²) in [7, 11) is 3.41. The van der Waals surface area contributed by atoms with Crippen molar-refractivity contribution >= 4 is 40.8 Å². The summed E-state index contributed by atoms with van der Waals surface area (Å²) in [5.41, 5.74) is 6.95. The summed E-state index contributed by atoms with van der Waals surface area (Å²) < 4.78 is 8.82. The lowest BCUT2D eigenvalue weighted by Crippen LogP contribution is -2.34. The molecule has 4 aromatic rings. The van der Waals surface area contributed by atoms with Gasteiger partial charge < -0.3 is 24.6 Å². The number of carbonyl (C=O) groups is 3. The number of imidazole rings is 1. The molecule has 9 rings (SSSR count). The third-order valence-corrected chi connectivity index (χ3v) is 13.5. The fourth-order valence-electron chi connectivity index (χ4n) is 10.1. The predicted octanol–water partition coefficient (Wildman–Crippen LogP) is 6.09. The van der Waals surface area contributed by atoms with Crippen LogP contribution in [-0.2, 0) is 42.5 Å². The zero-order valence-electron chi connectivity index (χ0n) is 30.9. The summed E-state index contributed by atoms with van der Waals surface area (Å²) in [6, 6.07) is 13.2. The molecular weight excluding hydrogens is 706 g/mol. The van der Waals surface area contributed by atoms with Gasteiger partial charge in [-0.2, -0.15) is 5.10 Å².